The Morgan fingerprint density at radius 2 is 1.85 bits per heavy atom. The number of benzene rings is 2. The molecule has 8 nitrogen and oxygen atoms in total. The van der Waals surface area contributed by atoms with Crippen molar-refractivity contribution in [2.75, 3.05) is 13.1 Å². The lowest BCUT2D eigenvalue weighted by Gasteiger charge is -2.43. The largest absolute Gasteiger partial charge is 0.482 e. The van der Waals surface area contributed by atoms with Crippen LogP contribution in [0, 0.1) is 0 Å². The van der Waals surface area contributed by atoms with Gasteiger partial charge in [0.05, 0.1) is 0 Å². The Kier molecular flexibility index (Phi) is 5.25. The topological polar surface area (TPSA) is 87.2 Å². The maximum absolute atomic E-state index is 12.6. The molecule has 3 aliphatic heterocycles. The van der Waals surface area contributed by atoms with Gasteiger partial charge >= 0.3 is 6.09 Å². The Hall–Kier alpha value is -3.52. The molecule has 0 atom stereocenters. The summed E-state index contributed by atoms with van der Waals surface area (Å²) in [5, 5.41) is 4.22. The fourth-order valence-electron chi connectivity index (χ4n) is 4.42. The third-order valence-electron chi connectivity index (χ3n) is 6.01. The summed E-state index contributed by atoms with van der Waals surface area (Å²) in [6.07, 6.45) is 3.37. The molecule has 3 N–H and O–H groups in total. The number of rotatable bonds is 2. The molecule has 1 spiro atoms. The van der Waals surface area contributed by atoms with E-state index in [2.05, 4.69) is 45.9 Å². The molecule has 3 heterocycles. The molecule has 5 rings (SSSR count). The third-order valence-corrected chi connectivity index (χ3v) is 6.01. The zero-order valence-electron chi connectivity index (χ0n) is 19.1. The minimum absolute atomic E-state index is 0.266. The zero-order valence-corrected chi connectivity index (χ0v) is 19.1. The van der Waals surface area contributed by atoms with Crippen molar-refractivity contribution in [3.05, 3.63) is 71.3 Å². The fraction of sp³-hybridized carbons (Fsp3) is 0.360. The number of carbonyl (C=O) groups is 1. The van der Waals surface area contributed by atoms with Gasteiger partial charge in [-0.3, -0.25) is 5.43 Å². The van der Waals surface area contributed by atoms with Gasteiger partial charge in [0.1, 0.15) is 17.0 Å². The van der Waals surface area contributed by atoms with E-state index in [1.165, 1.54) is 0 Å². The van der Waals surface area contributed by atoms with Gasteiger partial charge in [0.25, 0.3) is 0 Å². The van der Waals surface area contributed by atoms with E-state index in [9.17, 15) is 4.79 Å². The van der Waals surface area contributed by atoms with Crippen molar-refractivity contribution >= 4 is 17.5 Å². The number of piperidine rings is 1. The van der Waals surface area contributed by atoms with Crippen molar-refractivity contribution in [1.29, 1.82) is 0 Å². The first-order valence-electron chi connectivity index (χ1n) is 11.3. The molecule has 1 amide bonds. The summed E-state index contributed by atoms with van der Waals surface area (Å²) in [7, 11) is 0. The molecule has 0 aliphatic carbocycles. The second-order valence-corrected chi connectivity index (χ2v) is 9.59. The zero-order chi connectivity index (χ0) is 23.1. The highest BCUT2D eigenvalue weighted by atomic mass is 16.6. The number of ether oxygens (including phenoxy) is 2. The van der Waals surface area contributed by atoms with Crippen LogP contribution in [0.5, 0.6) is 5.75 Å². The van der Waals surface area contributed by atoms with Crippen molar-refractivity contribution in [2.45, 2.75) is 44.8 Å². The van der Waals surface area contributed by atoms with E-state index in [4.69, 9.17) is 9.47 Å². The first-order chi connectivity index (χ1) is 15.8. The quantitative estimate of drug-likeness (QED) is 0.653. The van der Waals surface area contributed by atoms with Crippen LogP contribution in [0.2, 0.25) is 0 Å². The summed E-state index contributed by atoms with van der Waals surface area (Å²) in [6, 6.07) is 16.4. The van der Waals surface area contributed by atoms with Gasteiger partial charge in [-0.15, -0.1) is 10.6 Å². The fourth-order valence-corrected chi connectivity index (χ4v) is 4.42. The van der Waals surface area contributed by atoms with Crippen LogP contribution in [0.3, 0.4) is 0 Å². The van der Waals surface area contributed by atoms with Crippen LogP contribution in [0.4, 0.5) is 4.79 Å². The van der Waals surface area contributed by atoms with Gasteiger partial charge in [-0.2, -0.15) is 0 Å². The maximum atomic E-state index is 12.6. The maximum Gasteiger partial charge on any atom is 0.410 e. The summed E-state index contributed by atoms with van der Waals surface area (Å²) >= 11 is 0. The number of fused-ring (bicyclic) bond motifs is 1. The van der Waals surface area contributed by atoms with Crippen LogP contribution in [-0.4, -0.2) is 41.1 Å². The van der Waals surface area contributed by atoms with Gasteiger partial charge < -0.3 is 14.4 Å². The molecule has 2 aromatic carbocycles. The number of carbonyl (C=O) groups excluding carboxylic acids is 1. The number of likely N-dealkylation sites (tertiary alicyclic amines) is 1. The molecule has 1 saturated heterocycles. The minimum Gasteiger partial charge on any atom is -0.482 e. The Morgan fingerprint density at radius 3 is 2.58 bits per heavy atom. The minimum atomic E-state index is -0.506. The number of nitrogens with zero attached hydrogens (tertiary/aromatic N) is 2. The van der Waals surface area contributed by atoms with Crippen LogP contribution in [0.25, 0.3) is 5.57 Å². The van der Waals surface area contributed by atoms with Gasteiger partial charge in [0.15, 0.2) is 5.84 Å². The Labute approximate surface area is 193 Å². The molecule has 0 saturated carbocycles. The summed E-state index contributed by atoms with van der Waals surface area (Å²) in [5.74, 6) is 1.60. The lowest BCUT2D eigenvalue weighted by Crippen LogP contribution is -2.50. The highest BCUT2D eigenvalue weighted by molar-refractivity contribution is 6.00. The van der Waals surface area contributed by atoms with E-state index < -0.39 is 11.2 Å². The van der Waals surface area contributed by atoms with Crippen LogP contribution >= 0.6 is 0 Å². The van der Waals surface area contributed by atoms with E-state index in [0.29, 0.717) is 25.9 Å². The first kappa shape index (κ1) is 21.3. The number of hydrogen-bond donors (Lipinski definition) is 3. The number of amides is 1. The molecule has 33 heavy (non-hydrogen) atoms. The van der Waals surface area contributed by atoms with E-state index in [1.807, 2.05) is 51.1 Å². The average Bonchev–Trinajstić information content (AvgIpc) is 3.33. The van der Waals surface area contributed by atoms with E-state index in [-0.39, 0.29) is 6.09 Å². The molecule has 0 aromatic heterocycles. The van der Waals surface area contributed by atoms with Crippen LogP contribution in [-0.2, 0) is 4.74 Å². The van der Waals surface area contributed by atoms with Crippen molar-refractivity contribution in [2.24, 2.45) is 5.10 Å². The van der Waals surface area contributed by atoms with Gasteiger partial charge in [-0.25, -0.2) is 10.3 Å². The number of para-hydroxylation sites is 1. The highest BCUT2D eigenvalue weighted by Crippen LogP contribution is 2.43. The Bertz CT molecular complexity index is 1130. The second-order valence-electron chi connectivity index (χ2n) is 9.59. The van der Waals surface area contributed by atoms with Gasteiger partial charge in [0.2, 0.25) is 0 Å². The van der Waals surface area contributed by atoms with Crippen molar-refractivity contribution in [3.8, 4) is 5.75 Å². The predicted octanol–water partition coefficient (Wildman–Crippen LogP) is 3.55. The lowest BCUT2D eigenvalue weighted by molar-refractivity contribution is -0.00115. The van der Waals surface area contributed by atoms with Gasteiger partial charge in [-0.05, 0) is 50.1 Å². The Balaban J connectivity index is 1.45. The summed E-state index contributed by atoms with van der Waals surface area (Å²) < 4.78 is 12.1. The SMILES string of the molecule is CC(C)(C)OC(=O)N1CCC2(C=C(c3cccc(C4=NNNN4)c3)c3ccccc3O2)CC1. The molecule has 172 valence electrons. The molecular weight excluding hydrogens is 418 g/mol. The van der Waals surface area contributed by atoms with Crippen LogP contribution in [0.15, 0.2) is 59.7 Å². The van der Waals surface area contributed by atoms with Gasteiger partial charge in [-0.1, -0.05) is 36.4 Å². The molecule has 1 fully saturated rings. The molecule has 3 aliphatic rings. The molecule has 0 unspecified atom stereocenters. The molecule has 0 radical (unpaired) electrons. The summed E-state index contributed by atoms with van der Waals surface area (Å²) in [6.45, 7) is 6.83. The average molecular weight is 448 g/mol. The summed E-state index contributed by atoms with van der Waals surface area (Å²) in [5.41, 5.74) is 11.8. The summed E-state index contributed by atoms with van der Waals surface area (Å²) in [4.78, 5) is 14.3. The lowest BCUT2D eigenvalue weighted by atomic mass is 9.82. The molecule has 2 aromatic rings. The Morgan fingerprint density at radius 1 is 1.09 bits per heavy atom. The van der Waals surface area contributed by atoms with E-state index in [0.717, 1.165) is 33.8 Å². The predicted molar refractivity (Wildman–Crippen MR) is 126 cm³/mol. The number of hydrogen-bond acceptors (Lipinski definition) is 7. The number of amidine groups is 1. The number of hydrazone groups is 1. The number of nitrogens with one attached hydrogen (secondary N) is 3. The van der Waals surface area contributed by atoms with Crippen LogP contribution < -0.4 is 21.2 Å². The van der Waals surface area contributed by atoms with Crippen molar-refractivity contribution < 1.29 is 14.3 Å². The van der Waals surface area contributed by atoms with E-state index >= 15 is 0 Å². The van der Waals surface area contributed by atoms with Crippen molar-refractivity contribution in [3.63, 3.8) is 0 Å². The monoisotopic (exact) mass is 447 g/mol. The number of hydrazine groups is 2. The standard InChI is InChI=1S/C25H29N5O3/c1-24(2,3)33-23(31)30-13-11-25(12-14-30)16-20(19-9-4-5-10-21(19)32-25)17-7-6-8-18(15-17)22-26-28-29-27-22/h4-10,15-16,28-29H,11-14H2,1-3H3,(H,26,27). The van der Waals surface area contributed by atoms with E-state index in [1.54, 1.807) is 4.90 Å². The highest BCUT2D eigenvalue weighted by Gasteiger charge is 2.40. The van der Waals surface area contributed by atoms with Crippen LogP contribution in [0.1, 0.15) is 50.3 Å². The third kappa shape index (κ3) is 4.39. The first-order valence-corrected chi connectivity index (χ1v) is 11.3. The smallest absolute Gasteiger partial charge is 0.410 e. The second kappa shape index (κ2) is 8.12. The van der Waals surface area contributed by atoms with Crippen molar-refractivity contribution in [1.82, 2.24) is 21.4 Å². The molecule has 8 heteroatoms. The molecule has 0 bridgehead atoms. The molecular formula is C25H29N5O3. The van der Waals surface area contributed by atoms with Gasteiger partial charge in [0, 0.05) is 37.1 Å². The normalized spacial score (nSPS) is 18.9.